The molecule has 3 heterocycles. The zero-order chi connectivity index (χ0) is 41.0. The van der Waals surface area contributed by atoms with Gasteiger partial charge in [0.05, 0.1) is 22.1 Å². The Hall–Kier alpha value is -8.41. The molecule has 9 aromatic carbocycles. The largest absolute Gasteiger partial charge is 0.309 e. The fourth-order valence-corrected chi connectivity index (χ4v) is 9.04. The highest BCUT2D eigenvalue weighted by atomic mass is 15.2. The lowest BCUT2D eigenvalue weighted by Crippen LogP contribution is -2.06. The molecule has 0 radical (unpaired) electrons. The Labute approximate surface area is 358 Å². The Balaban J connectivity index is 1.14. The van der Waals surface area contributed by atoms with Crippen molar-refractivity contribution < 1.29 is 0 Å². The molecule has 0 spiro atoms. The third kappa shape index (κ3) is 6.06. The van der Waals surface area contributed by atoms with Crippen LogP contribution in [0.4, 0.5) is 0 Å². The van der Waals surface area contributed by atoms with Crippen LogP contribution in [0.1, 0.15) is 0 Å². The fraction of sp³-hybridized carbons (Fsp3) is 0. The first-order chi connectivity index (χ1) is 30.7. The molecule has 290 valence electrons. The molecule has 12 rings (SSSR count). The second-order valence-corrected chi connectivity index (χ2v) is 15.7. The lowest BCUT2D eigenvalue weighted by atomic mass is 9.96. The maximum absolute atomic E-state index is 5.42. The number of hydrogen-bond donors (Lipinski definition) is 0. The first kappa shape index (κ1) is 35.5. The number of fused-ring (bicyclic) bond motifs is 6. The van der Waals surface area contributed by atoms with Gasteiger partial charge in [0.2, 0.25) is 5.95 Å². The van der Waals surface area contributed by atoms with Crippen molar-refractivity contribution in [2.75, 3.05) is 0 Å². The molecular formula is C57H37N5. The SMILES string of the molecule is c1ccc(-c2cc(-c3ccccc3)cc(-c3nc(-c4ccccc4)nc(-n4c5ccccc5c5cc6c7ccccc7n(-c7cccc(-c8ccccc8)c7)c6cc54)n3)c2)cc1. The number of nitrogens with zero attached hydrogens (tertiary/aromatic N) is 5. The maximum Gasteiger partial charge on any atom is 0.238 e. The maximum atomic E-state index is 5.42. The first-order valence-corrected chi connectivity index (χ1v) is 20.9. The van der Waals surface area contributed by atoms with Crippen molar-refractivity contribution in [3.8, 4) is 67.8 Å². The molecule has 0 saturated heterocycles. The number of aromatic nitrogens is 5. The monoisotopic (exact) mass is 791 g/mol. The fourth-order valence-electron chi connectivity index (χ4n) is 9.04. The van der Waals surface area contributed by atoms with Gasteiger partial charge in [-0.2, -0.15) is 9.97 Å². The van der Waals surface area contributed by atoms with Crippen LogP contribution in [0.5, 0.6) is 0 Å². The minimum absolute atomic E-state index is 0.555. The highest BCUT2D eigenvalue weighted by Gasteiger charge is 2.22. The van der Waals surface area contributed by atoms with Crippen LogP contribution in [-0.2, 0) is 0 Å². The molecule has 0 unspecified atom stereocenters. The van der Waals surface area contributed by atoms with Crippen LogP contribution in [0.25, 0.3) is 111 Å². The zero-order valence-corrected chi connectivity index (χ0v) is 33.6. The van der Waals surface area contributed by atoms with Gasteiger partial charge in [0, 0.05) is 38.4 Å². The molecule has 0 fully saturated rings. The summed E-state index contributed by atoms with van der Waals surface area (Å²) in [5, 5.41) is 4.66. The van der Waals surface area contributed by atoms with Crippen LogP contribution >= 0.6 is 0 Å². The van der Waals surface area contributed by atoms with E-state index in [1.807, 2.05) is 18.2 Å². The number of benzene rings is 9. The van der Waals surface area contributed by atoms with Crippen molar-refractivity contribution >= 4 is 43.6 Å². The van der Waals surface area contributed by atoms with Crippen LogP contribution in [0.15, 0.2) is 224 Å². The van der Waals surface area contributed by atoms with E-state index < -0.39 is 0 Å². The summed E-state index contributed by atoms with van der Waals surface area (Å²) < 4.78 is 4.62. The standard InChI is InChI=1S/C57H37N5/c1-5-18-38(19-6-1)42-26-17-27-46(35-42)61-51-30-15-13-28-47(51)49-36-50-48-29-14-16-31-52(48)62(54(50)37-53(49)61)57-59-55(41-24-11-4-12-25-41)58-56(60-57)45-33-43(39-20-7-2-8-21-39)32-44(34-45)40-22-9-3-10-23-40/h1-37H. The Morgan fingerprint density at radius 3 is 1.26 bits per heavy atom. The van der Waals surface area contributed by atoms with Gasteiger partial charge in [-0.25, -0.2) is 4.98 Å². The summed E-state index contributed by atoms with van der Waals surface area (Å²) in [6, 6.07) is 79.3. The van der Waals surface area contributed by atoms with Gasteiger partial charge in [0.15, 0.2) is 11.6 Å². The summed E-state index contributed by atoms with van der Waals surface area (Å²) in [6.45, 7) is 0. The van der Waals surface area contributed by atoms with Gasteiger partial charge in [-0.3, -0.25) is 4.57 Å². The summed E-state index contributed by atoms with van der Waals surface area (Å²) in [5.41, 5.74) is 14.0. The van der Waals surface area contributed by atoms with Gasteiger partial charge in [0.25, 0.3) is 0 Å². The number of hydrogen-bond acceptors (Lipinski definition) is 3. The molecule has 0 aliphatic heterocycles. The van der Waals surface area contributed by atoms with E-state index in [1.165, 1.54) is 21.9 Å². The average Bonchev–Trinajstić information content (AvgIpc) is 3.86. The van der Waals surface area contributed by atoms with Crippen LogP contribution in [-0.4, -0.2) is 24.1 Å². The van der Waals surface area contributed by atoms with E-state index in [2.05, 4.69) is 215 Å². The summed E-state index contributed by atoms with van der Waals surface area (Å²) in [5.74, 6) is 1.76. The topological polar surface area (TPSA) is 48.5 Å². The summed E-state index contributed by atoms with van der Waals surface area (Å²) in [4.78, 5) is 16.0. The molecule has 0 amide bonds. The second kappa shape index (κ2) is 14.7. The molecule has 3 aromatic heterocycles. The van der Waals surface area contributed by atoms with Crippen molar-refractivity contribution in [2.45, 2.75) is 0 Å². The lowest BCUT2D eigenvalue weighted by Gasteiger charge is -2.14. The normalized spacial score (nSPS) is 11.5. The molecule has 0 N–H and O–H groups in total. The predicted octanol–water partition coefficient (Wildman–Crippen LogP) is 14.4. The first-order valence-electron chi connectivity index (χ1n) is 20.9. The molecule has 0 bridgehead atoms. The van der Waals surface area contributed by atoms with E-state index in [-0.39, 0.29) is 0 Å². The zero-order valence-electron chi connectivity index (χ0n) is 33.6. The van der Waals surface area contributed by atoms with Gasteiger partial charge in [-0.1, -0.05) is 170 Å². The third-order valence-electron chi connectivity index (χ3n) is 11.9. The van der Waals surface area contributed by atoms with Crippen LogP contribution in [0.3, 0.4) is 0 Å². The smallest absolute Gasteiger partial charge is 0.238 e. The molecule has 62 heavy (non-hydrogen) atoms. The van der Waals surface area contributed by atoms with Crippen LogP contribution < -0.4 is 0 Å². The molecule has 12 aromatic rings. The molecule has 0 aliphatic rings. The minimum Gasteiger partial charge on any atom is -0.309 e. The highest BCUT2D eigenvalue weighted by Crippen LogP contribution is 2.40. The van der Waals surface area contributed by atoms with E-state index >= 15 is 0 Å². The van der Waals surface area contributed by atoms with Gasteiger partial charge in [0.1, 0.15) is 0 Å². The van der Waals surface area contributed by atoms with E-state index in [9.17, 15) is 0 Å². The minimum atomic E-state index is 0.555. The molecule has 0 saturated carbocycles. The molecule has 0 aliphatic carbocycles. The lowest BCUT2D eigenvalue weighted by molar-refractivity contribution is 0.953. The van der Waals surface area contributed by atoms with Crippen molar-refractivity contribution in [3.05, 3.63) is 224 Å². The molecule has 5 nitrogen and oxygen atoms in total. The van der Waals surface area contributed by atoms with E-state index in [1.54, 1.807) is 0 Å². The summed E-state index contributed by atoms with van der Waals surface area (Å²) >= 11 is 0. The predicted molar refractivity (Wildman–Crippen MR) is 256 cm³/mol. The van der Waals surface area contributed by atoms with Crippen molar-refractivity contribution in [1.82, 2.24) is 24.1 Å². The quantitative estimate of drug-likeness (QED) is 0.162. The summed E-state index contributed by atoms with van der Waals surface area (Å²) in [7, 11) is 0. The Morgan fingerprint density at radius 2 is 0.677 bits per heavy atom. The van der Waals surface area contributed by atoms with Crippen molar-refractivity contribution in [1.29, 1.82) is 0 Å². The van der Waals surface area contributed by atoms with E-state index in [4.69, 9.17) is 15.0 Å². The van der Waals surface area contributed by atoms with Crippen molar-refractivity contribution in [3.63, 3.8) is 0 Å². The Kier molecular flexibility index (Phi) is 8.42. The Bertz CT molecular complexity index is 3550. The van der Waals surface area contributed by atoms with E-state index in [0.29, 0.717) is 17.6 Å². The molecule has 5 heteroatoms. The van der Waals surface area contributed by atoms with Gasteiger partial charge < -0.3 is 4.57 Å². The molecule has 0 atom stereocenters. The van der Waals surface area contributed by atoms with E-state index in [0.717, 1.165) is 71.9 Å². The van der Waals surface area contributed by atoms with Crippen LogP contribution in [0.2, 0.25) is 0 Å². The average molecular weight is 792 g/mol. The van der Waals surface area contributed by atoms with Gasteiger partial charge in [-0.15, -0.1) is 0 Å². The highest BCUT2D eigenvalue weighted by molar-refractivity contribution is 6.19. The third-order valence-corrected chi connectivity index (χ3v) is 11.9. The second-order valence-electron chi connectivity index (χ2n) is 15.7. The molecular weight excluding hydrogens is 755 g/mol. The van der Waals surface area contributed by atoms with Crippen LogP contribution in [0, 0.1) is 0 Å². The van der Waals surface area contributed by atoms with Gasteiger partial charge >= 0.3 is 0 Å². The summed E-state index contributed by atoms with van der Waals surface area (Å²) in [6.07, 6.45) is 0. The number of para-hydroxylation sites is 2. The Morgan fingerprint density at radius 1 is 0.242 bits per heavy atom. The number of rotatable bonds is 7. The van der Waals surface area contributed by atoms with Gasteiger partial charge in [-0.05, 0) is 88.0 Å². The van der Waals surface area contributed by atoms with Crippen molar-refractivity contribution in [2.24, 2.45) is 0 Å².